The van der Waals surface area contributed by atoms with Crippen LogP contribution in [0.15, 0.2) is 48.7 Å². The Labute approximate surface area is 153 Å². The minimum Gasteiger partial charge on any atom is -0.461 e. The highest BCUT2D eigenvalue weighted by atomic mass is 19.4. The first-order chi connectivity index (χ1) is 12.7. The molecule has 0 bridgehead atoms. The molecular formula is C20H16F3NO3. The highest BCUT2D eigenvalue weighted by molar-refractivity contribution is 5.96. The summed E-state index contributed by atoms with van der Waals surface area (Å²) in [6, 6.07) is 11.2. The van der Waals surface area contributed by atoms with E-state index in [-0.39, 0.29) is 18.3 Å². The van der Waals surface area contributed by atoms with Crippen molar-refractivity contribution in [2.75, 3.05) is 0 Å². The van der Waals surface area contributed by atoms with Crippen LogP contribution in [0.1, 0.15) is 18.1 Å². The second-order valence-electron chi connectivity index (χ2n) is 5.97. The van der Waals surface area contributed by atoms with Crippen molar-refractivity contribution in [2.24, 2.45) is 0 Å². The summed E-state index contributed by atoms with van der Waals surface area (Å²) in [5, 5.41) is 0.823. The van der Waals surface area contributed by atoms with Crippen molar-refractivity contribution in [3.63, 3.8) is 0 Å². The van der Waals surface area contributed by atoms with Gasteiger partial charge in [-0.25, -0.2) is 0 Å². The van der Waals surface area contributed by atoms with Gasteiger partial charge in [0.25, 0.3) is 0 Å². The second kappa shape index (κ2) is 7.26. The van der Waals surface area contributed by atoms with Gasteiger partial charge in [0.15, 0.2) is 0 Å². The lowest BCUT2D eigenvalue weighted by atomic mass is 9.95. The van der Waals surface area contributed by atoms with E-state index in [1.807, 2.05) is 19.1 Å². The highest BCUT2D eigenvalue weighted by Crippen LogP contribution is 2.33. The molecule has 0 radical (unpaired) electrons. The van der Waals surface area contributed by atoms with Crippen LogP contribution in [0.2, 0.25) is 0 Å². The van der Waals surface area contributed by atoms with Crippen molar-refractivity contribution in [2.45, 2.75) is 26.8 Å². The summed E-state index contributed by atoms with van der Waals surface area (Å²) >= 11 is 0. The molecule has 0 aliphatic heterocycles. The lowest BCUT2D eigenvalue weighted by molar-refractivity contribution is -0.274. The Bertz CT molecular complexity index is 982. The zero-order chi connectivity index (χ0) is 19.6. The number of carbonyl (C=O) groups is 1. The molecule has 0 spiro atoms. The Balaban J connectivity index is 2.05. The van der Waals surface area contributed by atoms with Crippen LogP contribution in [-0.4, -0.2) is 17.3 Å². The highest BCUT2D eigenvalue weighted by Gasteiger charge is 2.31. The fourth-order valence-electron chi connectivity index (χ4n) is 2.87. The molecule has 2 aromatic carbocycles. The quantitative estimate of drug-likeness (QED) is 0.590. The van der Waals surface area contributed by atoms with Crippen molar-refractivity contribution in [3.8, 4) is 16.9 Å². The largest absolute Gasteiger partial charge is 0.573 e. The third kappa shape index (κ3) is 4.36. The molecule has 27 heavy (non-hydrogen) atoms. The van der Waals surface area contributed by atoms with Gasteiger partial charge in [0, 0.05) is 29.6 Å². The third-order valence-electron chi connectivity index (χ3n) is 4.04. The first-order valence-electron chi connectivity index (χ1n) is 8.11. The number of benzene rings is 2. The van der Waals surface area contributed by atoms with E-state index in [4.69, 9.17) is 4.74 Å². The number of alkyl halides is 3. The smallest absolute Gasteiger partial charge is 0.461 e. The Morgan fingerprint density at radius 1 is 1.15 bits per heavy atom. The van der Waals surface area contributed by atoms with Gasteiger partial charge in [-0.05, 0) is 42.3 Å². The molecule has 0 saturated carbocycles. The molecule has 0 aliphatic carbocycles. The van der Waals surface area contributed by atoms with Crippen molar-refractivity contribution in [1.82, 2.24) is 4.98 Å². The molecule has 0 amide bonds. The van der Waals surface area contributed by atoms with Crippen LogP contribution in [0.5, 0.6) is 5.75 Å². The van der Waals surface area contributed by atoms with Gasteiger partial charge < -0.3 is 9.47 Å². The standard InChI is InChI=1S/C20H16F3NO3/c1-12-10-17(14-5-7-15(8-6-14)27-20(21,22)23)19-16(4-3-9-24-19)18(12)11-26-13(2)25/h3-10H,11H2,1-2H3. The van der Waals surface area contributed by atoms with E-state index >= 15 is 0 Å². The van der Waals surface area contributed by atoms with Crippen LogP contribution >= 0.6 is 0 Å². The molecule has 3 rings (SSSR count). The molecule has 0 N–H and O–H groups in total. The van der Waals surface area contributed by atoms with Gasteiger partial charge in [-0.2, -0.15) is 0 Å². The van der Waals surface area contributed by atoms with Crippen LogP contribution in [0.3, 0.4) is 0 Å². The summed E-state index contributed by atoms with van der Waals surface area (Å²) in [6.07, 6.45) is -3.09. The topological polar surface area (TPSA) is 48.4 Å². The molecule has 0 saturated heterocycles. The van der Waals surface area contributed by atoms with Gasteiger partial charge in [-0.1, -0.05) is 18.2 Å². The Morgan fingerprint density at radius 2 is 1.85 bits per heavy atom. The molecule has 1 aromatic heterocycles. The van der Waals surface area contributed by atoms with Crippen LogP contribution in [0.4, 0.5) is 13.2 Å². The van der Waals surface area contributed by atoms with Crippen molar-refractivity contribution < 1.29 is 27.4 Å². The molecule has 4 nitrogen and oxygen atoms in total. The second-order valence-corrected chi connectivity index (χ2v) is 5.97. The first kappa shape index (κ1) is 18.7. The van der Waals surface area contributed by atoms with Crippen LogP contribution < -0.4 is 4.74 Å². The summed E-state index contributed by atoms with van der Waals surface area (Å²) in [6.45, 7) is 3.35. The number of nitrogens with zero attached hydrogens (tertiary/aromatic N) is 1. The van der Waals surface area contributed by atoms with E-state index in [1.54, 1.807) is 24.4 Å². The van der Waals surface area contributed by atoms with Gasteiger partial charge in [0.05, 0.1) is 5.52 Å². The Morgan fingerprint density at radius 3 is 2.48 bits per heavy atom. The number of fused-ring (bicyclic) bond motifs is 1. The zero-order valence-corrected chi connectivity index (χ0v) is 14.6. The Kier molecular flexibility index (Phi) is 5.03. The lowest BCUT2D eigenvalue weighted by Crippen LogP contribution is -2.16. The average molecular weight is 375 g/mol. The number of aromatic nitrogens is 1. The average Bonchev–Trinajstić information content (AvgIpc) is 2.59. The number of hydrogen-bond acceptors (Lipinski definition) is 4. The van der Waals surface area contributed by atoms with E-state index in [0.717, 1.165) is 22.1 Å². The van der Waals surface area contributed by atoms with E-state index in [2.05, 4.69) is 9.72 Å². The fraction of sp³-hybridized carbons (Fsp3) is 0.200. The number of pyridine rings is 1. The monoisotopic (exact) mass is 375 g/mol. The number of halogens is 3. The number of ether oxygens (including phenoxy) is 2. The molecule has 1 heterocycles. The van der Waals surface area contributed by atoms with Crippen molar-refractivity contribution in [3.05, 3.63) is 59.8 Å². The van der Waals surface area contributed by atoms with E-state index in [0.29, 0.717) is 11.1 Å². The third-order valence-corrected chi connectivity index (χ3v) is 4.04. The minimum atomic E-state index is -4.73. The van der Waals surface area contributed by atoms with Gasteiger partial charge in [-0.3, -0.25) is 9.78 Å². The maximum absolute atomic E-state index is 12.3. The van der Waals surface area contributed by atoms with Crippen LogP contribution in [0.25, 0.3) is 22.0 Å². The number of rotatable bonds is 4. The van der Waals surface area contributed by atoms with Gasteiger partial charge in [-0.15, -0.1) is 13.2 Å². The van der Waals surface area contributed by atoms with Crippen LogP contribution in [-0.2, 0) is 16.1 Å². The number of hydrogen-bond donors (Lipinski definition) is 0. The van der Waals surface area contributed by atoms with Crippen LogP contribution in [0, 0.1) is 6.92 Å². The predicted molar refractivity (Wildman–Crippen MR) is 94.1 cm³/mol. The molecule has 3 aromatic rings. The number of aryl methyl sites for hydroxylation is 1. The number of carbonyl (C=O) groups excluding carboxylic acids is 1. The molecule has 0 fully saturated rings. The predicted octanol–water partition coefficient (Wildman–Crippen LogP) is 5.17. The summed E-state index contributed by atoms with van der Waals surface area (Å²) in [5.74, 6) is -0.664. The number of esters is 1. The van der Waals surface area contributed by atoms with Crippen molar-refractivity contribution >= 4 is 16.9 Å². The fourth-order valence-corrected chi connectivity index (χ4v) is 2.87. The molecule has 7 heteroatoms. The van der Waals surface area contributed by atoms with E-state index < -0.39 is 6.36 Å². The SMILES string of the molecule is CC(=O)OCc1c(C)cc(-c2ccc(OC(F)(F)F)cc2)c2ncccc12. The maximum atomic E-state index is 12.3. The lowest BCUT2D eigenvalue weighted by Gasteiger charge is -2.15. The normalized spacial score (nSPS) is 11.4. The summed E-state index contributed by atoms with van der Waals surface area (Å²) in [5.41, 5.74) is 3.88. The summed E-state index contributed by atoms with van der Waals surface area (Å²) in [7, 11) is 0. The molecular weight excluding hydrogens is 359 g/mol. The Hall–Kier alpha value is -3.09. The minimum absolute atomic E-state index is 0.127. The summed E-state index contributed by atoms with van der Waals surface area (Å²) in [4.78, 5) is 15.6. The molecule has 0 aliphatic rings. The van der Waals surface area contributed by atoms with E-state index in [9.17, 15) is 18.0 Å². The van der Waals surface area contributed by atoms with Gasteiger partial charge in [0.1, 0.15) is 12.4 Å². The van der Waals surface area contributed by atoms with Gasteiger partial charge in [0.2, 0.25) is 0 Å². The summed E-state index contributed by atoms with van der Waals surface area (Å²) < 4.78 is 46.0. The van der Waals surface area contributed by atoms with E-state index in [1.165, 1.54) is 19.1 Å². The molecule has 0 unspecified atom stereocenters. The maximum Gasteiger partial charge on any atom is 0.573 e. The zero-order valence-electron chi connectivity index (χ0n) is 14.6. The van der Waals surface area contributed by atoms with Gasteiger partial charge >= 0.3 is 12.3 Å². The first-order valence-corrected chi connectivity index (χ1v) is 8.11. The molecule has 140 valence electrons. The molecule has 0 atom stereocenters. The van der Waals surface area contributed by atoms with Crippen molar-refractivity contribution in [1.29, 1.82) is 0 Å².